The lowest BCUT2D eigenvalue weighted by molar-refractivity contribution is 0.217. The monoisotopic (exact) mass is 239 g/mol. The van der Waals surface area contributed by atoms with Crippen molar-refractivity contribution in [3.63, 3.8) is 0 Å². The van der Waals surface area contributed by atoms with Crippen LogP contribution in [0.4, 0.5) is 0 Å². The molecule has 0 aromatic carbocycles. The van der Waals surface area contributed by atoms with Crippen molar-refractivity contribution < 1.29 is 0 Å². The molecule has 90 valence electrons. The quantitative estimate of drug-likeness (QED) is 0.872. The van der Waals surface area contributed by atoms with Crippen LogP contribution in [0, 0.1) is 0 Å². The van der Waals surface area contributed by atoms with E-state index in [0.29, 0.717) is 12.5 Å². The Balaban J connectivity index is 1.99. The topological polar surface area (TPSA) is 42.2 Å². The van der Waals surface area contributed by atoms with Gasteiger partial charge in [0.05, 0.1) is 10.7 Å². The maximum absolute atomic E-state index is 5.55. The molecule has 1 aliphatic heterocycles. The average Bonchev–Trinajstić information content (AvgIpc) is 2.78. The number of piperidine rings is 1. The number of rotatable bonds is 4. The molecule has 2 N–H and O–H groups in total. The van der Waals surface area contributed by atoms with E-state index in [2.05, 4.69) is 17.2 Å². The Kier molecular flexibility index (Phi) is 4.32. The van der Waals surface area contributed by atoms with Crippen LogP contribution in [-0.4, -0.2) is 36.1 Å². The number of nitrogens with zero attached hydrogens (tertiary/aromatic N) is 2. The first kappa shape index (κ1) is 12.0. The van der Waals surface area contributed by atoms with Gasteiger partial charge in [-0.1, -0.05) is 6.92 Å². The zero-order chi connectivity index (χ0) is 11.4. The number of likely N-dealkylation sites (N-methyl/N-ethyl adjacent to an activating group) is 1. The van der Waals surface area contributed by atoms with Gasteiger partial charge in [-0.15, -0.1) is 11.3 Å². The third-order valence-corrected chi connectivity index (χ3v) is 4.33. The normalized spacial score (nSPS) is 22.5. The molecular formula is C12H21N3S. The van der Waals surface area contributed by atoms with E-state index in [1.807, 2.05) is 11.3 Å². The third kappa shape index (κ3) is 2.81. The molecule has 1 saturated heterocycles. The van der Waals surface area contributed by atoms with E-state index in [9.17, 15) is 0 Å². The van der Waals surface area contributed by atoms with Gasteiger partial charge in [-0.2, -0.15) is 0 Å². The highest BCUT2D eigenvalue weighted by Gasteiger charge is 2.22. The third-order valence-electron chi connectivity index (χ3n) is 3.27. The van der Waals surface area contributed by atoms with Gasteiger partial charge in [-0.05, 0) is 32.5 Å². The van der Waals surface area contributed by atoms with Crippen LogP contribution in [0.25, 0.3) is 0 Å². The van der Waals surface area contributed by atoms with Crippen LogP contribution in [-0.2, 0) is 6.42 Å². The Morgan fingerprint density at radius 3 is 3.25 bits per heavy atom. The summed E-state index contributed by atoms with van der Waals surface area (Å²) in [5, 5.41) is 3.49. The second-order valence-electron chi connectivity index (χ2n) is 4.45. The molecule has 4 heteroatoms. The number of nitrogens with two attached hydrogens (primary N) is 1. The fourth-order valence-corrected chi connectivity index (χ4v) is 3.30. The first-order chi connectivity index (χ1) is 7.83. The maximum atomic E-state index is 5.55. The molecule has 1 aromatic heterocycles. The molecule has 0 saturated carbocycles. The Labute approximate surface area is 102 Å². The van der Waals surface area contributed by atoms with E-state index in [0.717, 1.165) is 13.0 Å². The second kappa shape index (κ2) is 5.75. The van der Waals surface area contributed by atoms with E-state index in [1.165, 1.54) is 36.6 Å². The van der Waals surface area contributed by atoms with Crippen molar-refractivity contribution in [1.82, 2.24) is 9.88 Å². The standard InChI is InChI=1S/C12H21N3S/c1-2-15-7-3-4-10(8-15)12-14-11(5-6-13)9-16-12/h9-10H,2-8,13H2,1H3. The van der Waals surface area contributed by atoms with Crippen LogP contribution in [0.5, 0.6) is 0 Å². The van der Waals surface area contributed by atoms with Crippen molar-refractivity contribution >= 4 is 11.3 Å². The van der Waals surface area contributed by atoms with E-state index in [4.69, 9.17) is 10.7 Å². The number of likely N-dealkylation sites (tertiary alicyclic amines) is 1. The molecule has 1 fully saturated rings. The van der Waals surface area contributed by atoms with Crippen molar-refractivity contribution in [1.29, 1.82) is 0 Å². The molecule has 16 heavy (non-hydrogen) atoms. The molecule has 2 heterocycles. The SMILES string of the molecule is CCN1CCCC(c2nc(CCN)cs2)C1. The lowest BCUT2D eigenvalue weighted by Gasteiger charge is -2.30. The van der Waals surface area contributed by atoms with E-state index >= 15 is 0 Å². The van der Waals surface area contributed by atoms with Gasteiger partial charge in [0.15, 0.2) is 0 Å². The van der Waals surface area contributed by atoms with Gasteiger partial charge in [-0.3, -0.25) is 0 Å². The summed E-state index contributed by atoms with van der Waals surface area (Å²) in [6.07, 6.45) is 3.52. The van der Waals surface area contributed by atoms with E-state index in [1.54, 1.807) is 0 Å². The predicted molar refractivity (Wildman–Crippen MR) is 69.0 cm³/mol. The molecule has 2 rings (SSSR count). The molecule has 0 aliphatic carbocycles. The van der Waals surface area contributed by atoms with Crippen LogP contribution in [0.2, 0.25) is 0 Å². The molecule has 3 nitrogen and oxygen atoms in total. The highest BCUT2D eigenvalue weighted by molar-refractivity contribution is 7.09. The van der Waals surface area contributed by atoms with E-state index in [-0.39, 0.29) is 0 Å². The minimum absolute atomic E-state index is 0.658. The smallest absolute Gasteiger partial charge is 0.0972 e. The minimum atomic E-state index is 0.658. The van der Waals surface area contributed by atoms with Crippen LogP contribution >= 0.6 is 11.3 Å². The largest absolute Gasteiger partial charge is 0.330 e. The van der Waals surface area contributed by atoms with Gasteiger partial charge >= 0.3 is 0 Å². The molecule has 1 atom stereocenters. The lowest BCUT2D eigenvalue weighted by atomic mass is 9.99. The molecule has 0 amide bonds. The summed E-state index contributed by atoms with van der Waals surface area (Å²) >= 11 is 1.82. The van der Waals surface area contributed by atoms with Crippen LogP contribution in [0.1, 0.15) is 36.4 Å². The summed E-state index contributed by atoms with van der Waals surface area (Å²) in [5.74, 6) is 0.658. The summed E-state index contributed by atoms with van der Waals surface area (Å²) in [5.41, 5.74) is 6.73. The summed E-state index contributed by atoms with van der Waals surface area (Å²) in [6.45, 7) is 6.55. The molecule has 1 unspecified atom stereocenters. The van der Waals surface area contributed by atoms with Crippen molar-refractivity contribution in [3.8, 4) is 0 Å². The van der Waals surface area contributed by atoms with Gasteiger partial charge in [0.2, 0.25) is 0 Å². The van der Waals surface area contributed by atoms with Gasteiger partial charge < -0.3 is 10.6 Å². The maximum Gasteiger partial charge on any atom is 0.0972 e. The second-order valence-corrected chi connectivity index (χ2v) is 5.34. The van der Waals surface area contributed by atoms with Crippen molar-refractivity contribution in [2.45, 2.75) is 32.1 Å². The number of aromatic nitrogens is 1. The summed E-state index contributed by atoms with van der Waals surface area (Å²) in [4.78, 5) is 7.23. The Morgan fingerprint density at radius 1 is 1.62 bits per heavy atom. The van der Waals surface area contributed by atoms with Crippen LogP contribution in [0.15, 0.2) is 5.38 Å². The minimum Gasteiger partial charge on any atom is -0.330 e. The summed E-state index contributed by atoms with van der Waals surface area (Å²) in [7, 11) is 0. The highest BCUT2D eigenvalue weighted by Crippen LogP contribution is 2.29. The fourth-order valence-electron chi connectivity index (χ4n) is 2.32. The first-order valence-electron chi connectivity index (χ1n) is 6.20. The van der Waals surface area contributed by atoms with Gasteiger partial charge in [-0.25, -0.2) is 4.98 Å². The van der Waals surface area contributed by atoms with Crippen molar-refractivity contribution in [2.75, 3.05) is 26.2 Å². The predicted octanol–water partition coefficient (Wildman–Crippen LogP) is 1.84. The molecule has 0 bridgehead atoms. The molecule has 1 aromatic rings. The number of hydrogen-bond donors (Lipinski definition) is 1. The molecular weight excluding hydrogens is 218 g/mol. The first-order valence-corrected chi connectivity index (χ1v) is 7.08. The average molecular weight is 239 g/mol. The number of thiazole rings is 1. The van der Waals surface area contributed by atoms with Crippen LogP contribution in [0.3, 0.4) is 0 Å². The zero-order valence-electron chi connectivity index (χ0n) is 9.98. The van der Waals surface area contributed by atoms with Gasteiger partial charge in [0, 0.05) is 24.3 Å². The van der Waals surface area contributed by atoms with Crippen molar-refractivity contribution in [2.24, 2.45) is 5.73 Å². The van der Waals surface area contributed by atoms with Gasteiger partial charge in [0.1, 0.15) is 0 Å². The Hall–Kier alpha value is -0.450. The zero-order valence-corrected chi connectivity index (χ0v) is 10.8. The highest BCUT2D eigenvalue weighted by atomic mass is 32.1. The molecule has 1 aliphatic rings. The van der Waals surface area contributed by atoms with Gasteiger partial charge in [0.25, 0.3) is 0 Å². The Morgan fingerprint density at radius 2 is 2.50 bits per heavy atom. The van der Waals surface area contributed by atoms with Crippen LogP contribution < -0.4 is 5.73 Å². The summed E-state index contributed by atoms with van der Waals surface area (Å²) < 4.78 is 0. The molecule has 0 spiro atoms. The number of hydrogen-bond acceptors (Lipinski definition) is 4. The van der Waals surface area contributed by atoms with Crippen molar-refractivity contribution in [3.05, 3.63) is 16.1 Å². The molecule has 0 radical (unpaired) electrons. The Bertz CT molecular complexity index is 324. The van der Waals surface area contributed by atoms with E-state index < -0.39 is 0 Å². The fraction of sp³-hybridized carbons (Fsp3) is 0.750. The lowest BCUT2D eigenvalue weighted by Crippen LogP contribution is -2.34. The summed E-state index contributed by atoms with van der Waals surface area (Å²) in [6, 6.07) is 0.